The number of nitrogens with zero attached hydrogens (tertiary/aromatic N) is 2. The van der Waals surface area contributed by atoms with Gasteiger partial charge in [-0.25, -0.2) is 0 Å². The molecule has 0 saturated carbocycles. The van der Waals surface area contributed by atoms with E-state index in [-0.39, 0.29) is 0 Å². The molecule has 0 aromatic carbocycles. The molecule has 2 N–H and O–H groups in total. The summed E-state index contributed by atoms with van der Waals surface area (Å²) in [5.74, 6) is 1.48. The van der Waals surface area contributed by atoms with E-state index in [0.29, 0.717) is 18.0 Å². The average molecular weight is 278 g/mol. The maximum Gasteiger partial charge on any atom is 0.191 e. The molecular formula is C15H26N4O. The molecule has 0 amide bonds. The molecule has 2 rings (SSSR count). The highest BCUT2D eigenvalue weighted by Crippen LogP contribution is 2.18. The largest absolute Gasteiger partial charge is 0.472 e. The van der Waals surface area contributed by atoms with Crippen molar-refractivity contribution >= 4 is 5.96 Å². The summed E-state index contributed by atoms with van der Waals surface area (Å²) in [7, 11) is 1.81. The standard InChI is InChI=1S/C15H26N4O/c1-11(2)19-8-12(3)14(9-19)18-15(16-4)17-7-13-5-6-20-10-13/h5-6,10-12,14H,7-9H2,1-4H3,(H2,16,17,18). The summed E-state index contributed by atoms with van der Waals surface area (Å²) in [6.07, 6.45) is 3.44. The molecule has 1 aromatic heterocycles. The van der Waals surface area contributed by atoms with E-state index in [2.05, 4.69) is 41.3 Å². The van der Waals surface area contributed by atoms with Gasteiger partial charge >= 0.3 is 0 Å². The van der Waals surface area contributed by atoms with E-state index < -0.39 is 0 Å². The van der Waals surface area contributed by atoms with Crippen LogP contribution in [-0.4, -0.2) is 43.1 Å². The normalized spacial score (nSPS) is 24.4. The first-order valence-corrected chi connectivity index (χ1v) is 7.32. The maximum atomic E-state index is 5.06. The summed E-state index contributed by atoms with van der Waals surface area (Å²) in [6.45, 7) is 9.75. The smallest absolute Gasteiger partial charge is 0.191 e. The fourth-order valence-electron chi connectivity index (χ4n) is 2.56. The zero-order valence-corrected chi connectivity index (χ0v) is 12.9. The van der Waals surface area contributed by atoms with Crippen LogP contribution in [0.1, 0.15) is 26.3 Å². The third-order valence-electron chi connectivity index (χ3n) is 3.96. The molecule has 2 atom stereocenters. The molecule has 5 nitrogen and oxygen atoms in total. The van der Waals surface area contributed by atoms with Crippen LogP contribution in [0.4, 0.5) is 0 Å². The number of guanidine groups is 1. The first-order chi connectivity index (χ1) is 9.60. The van der Waals surface area contributed by atoms with Gasteiger partial charge in [-0.3, -0.25) is 9.89 Å². The fraction of sp³-hybridized carbons (Fsp3) is 0.667. The molecule has 1 aliphatic rings. The fourth-order valence-corrected chi connectivity index (χ4v) is 2.56. The van der Waals surface area contributed by atoms with E-state index in [1.165, 1.54) is 0 Å². The molecule has 1 aromatic rings. The van der Waals surface area contributed by atoms with Crippen LogP contribution in [0, 0.1) is 5.92 Å². The minimum Gasteiger partial charge on any atom is -0.472 e. The number of likely N-dealkylation sites (tertiary alicyclic amines) is 1. The number of rotatable bonds is 4. The summed E-state index contributed by atoms with van der Waals surface area (Å²) >= 11 is 0. The van der Waals surface area contributed by atoms with Crippen LogP contribution in [0.25, 0.3) is 0 Å². The Morgan fingerprint density at radius 1 is 1.50 bits per heavy atom. The molecule has 0 spiro atoms. The van der Waals surface area contributed by atoms with Gasteiger partial charge in [0.15, 0.2) is 5.96 Å². The number of nitrogens with one attached hydrogen (secondary N) is 2. The molecule has 112 valence electrons. The van der Waals surface area contributed by atoms with Gasteiger partial charge in [-0.2, -0.15) is 0 Å². The molecule has 0 radical (unpaired) electrons. The van der Waals surface area contributed by atoms with Crippen molar-refractivity contribution in [2.24, 2.45) is 10.9 Å². The molecule has 0 aliphatic carbocycles. The Balaban J connectivity index is 1.84. The Kier molecular flexibility index (Phi) is 5.06. The zero-order valence-electron chi connectivity index (χ0n) is 12.9. The van der Waals surface area contributed by atoms with Gasteiger partial charge in [0.25, 0.3) is 0 Å². The number of aliphatic imine (C=N–C) groups is 1. The first kappa shape index (κ1) is 14.9. The van der Waals surface area contributed by atoms with E-state index in [1.54, 1.807) is 12.5 Å². The zero-order chi connectivity index (χ0) is 14.5. The van der Waals surface area contributed by atoms with Gasteiger partial charge in [-0.05, 0) is 25.8 Å². The summed E-state index contributed by atoms with van der Waals surface area (Å²) in [6, 6.07) is 3.01. The van der Waals surface area contributed by atoms with Crippen LogP contribution in [0.15, 0.2) is 28.0 Å². The highest BCUT2D eigenvalue weighted by molar-refractivity contribution is 5.80. The third-order valence-corrected chi connectivity index (χ3v) is 3.96. The quantitative estimate of drug-likeness (QED) is 0.650. The van der Waals surface area contributed by atoms with Crippen molar-refractivity contribution in [3.05, 3.63) is 24.2 Å². The Labute approximate surface area is 121 Å². The van der Waals surface area contributed by atoms with Crippen LogP contribution in [0.5, 0.6) is 0 Å². The number of furan rings is 1. The summed E-state index contributed by atoms with van der Waals surface area (Å²) < 4.78 is 5.06. The molecule has 1 fully saturated rings. The molecule has 2 heterocycles. The highest BCUT2D eigenvalue weighted by atomic mass is 16.3. The van der Waals surface area contributed by atoms with Gasteiger partial charge in [0.2, 0.25) is 0 Å². The molecule has 5 heteroatoms. The van der Waals surface area contributed by atoms with Crippen LogP contribution in [0.3, 0.4) is 0 Å². The second-order valence-corrected chi connectivity index (χ2v) is 5.83. The third kappa shape index (κ3) is 3.76. The van der Waals surface area contributed by atoms with Gasteiger partial charge in [0.05, 0.1) is 12.5 Å². The molecule has 1 aliphatic heterocycles. The van der Waals surface area contributed by atoms with E-state index in [1.807, 2.05) is 13.1 Å². The maximum absolute atomic E-state index is 5.06. The van der Waals surface area contributed by atoms with Crippen LogP contribution in [-0.2, 0) is 6.54 Å². The van der Waals surface area contributed by atoms with Crippen molar-refractivity contribution in [2.45, 2.75) is 39.4 Å². The lowest BCUT2D eigenvalue weighted by Crippen LogP contribution is -2.46. The van der Waals surface area contributed by atoms with Gasteiger partial charge in [-0.15, -0.1) is 0 Å². The lowest BCUT2D eigenvalue weighted by molar-refractivity contribution is 0.265. The lowest BCUT2D eigenvalue weighted by Gasteiger charge is -2.21. The second-order valence-electron chi connectivity index (χ2n) is 5.83. The molecule has 20 heavy (non-hydrogen) atoms. The second kappa shape index (κ2) is 6.79. The van der Waals surface area contributed by atoms with Crippen LogP contribution in [0.2, 0.25) is 0 Å². The van der Waals surface area contributed by atoms with Crippen LogP contribution < -0.4 is 10.6 Å². The van der Waals surface area contributed by atoms with Crippen molar-refractivity contribution in [3.8, 4) is 0 Å². The molecule has 1 saturated heterocycles. The summed E-state index contributed by atoms with van der Waals surface area (Å²) in [5.41, 5.74) is 1.12. The number of hydrogen-bond acceptors (Lipinski definition) is 3. The van der Waals surface area contributed by atoms with Gasteiger partial charge in [-0.1, -0.05) is 6.92 Å². The predicted molar refractivity (Wildman–Crippen MR) is 81.7 cm³/mol. The topological polar surface area (TPSA) is 52.8 Å². The average Bonchev–Trinajstić information content (AvgIpc) is 3.04. The van der Waals surface area contributed by atoms with E-state index in [0.717, 1.165) is 31.2 Å². The van der Waals surface area contributed by atoms with E-state index in [9.17, 15) is 0 Å². The predicted octanol–water partition coefficient (Wildman–Crippen LogP) is 1.67. The van der Waals surface area contributed by atoms with Crippen LogP contribution >= 0.6 is 0 Å². The van der Waals surface area contributed by atoms with Crippen molar-refractivity contribution in [2.75, 3.05) is 20.1 Å². The van der Waals surface area contributed by atoms with E-state index in [4.69, 9.17) is 4.42 Å². The summed E-state index contributed by atoms with van der Waals surface area (Å²) in [4.78, 5) is 6.81. The molecule has 0 bridgehead atoms. The minimum atomic E-state index is 0.452. The monoisotopic (exact) mass is 278 g/mol. The van der Waals surface area contributed by atoms with E-state index >= 15 is 0 Å². The molecule has 2 unspecified atom stereocenters. The Morgan fingerprint density at radius 3 is 2.85 bits per heavy atom. The van der Waals surface area contributed by atoms with Gasteiger partial charge < -0.3 is 15.1 Å². The van der Waals surface area contributed by atoms with Crippen molar-refractivity contribution in [1.82, 2.24) is 15.5 Å². The Hall–Kier alpha value is -1.49. The Morgan fingerprint density at radius 2 is 2.30 bits per heavy atom. The first-order valence-electron chi connectivity index (χ1n) is 7.32. The number of hydrogen-bond donors (Lipinski definition) is 2. The van der Waals surface area contributed by atoms with Crippen molar-refractivity contribution in [3.63, 3.8) is 0 Å². The SMILES string of the molecule is CN=C(NCc1ccoc1)NC1CN(C(C)C)CC1C. The van der Waals surface area contributed by atoms with Crippen molar-refractivity contribution in [1.29, 1.82) is 0 Å². The van der Waals surface area contributed by atoms with Crippen molar-refractivity contribution < 1.29 is 4.42 Å². The highest BCUT2D eigenvalue weighted by Gasteiger charge is 2.31. The van der Waals surface area contributed by atoms with Gasteiger partial charge in [0.1, 0.15) is 0 Å². The minimum absolute atomic E-state index is 0.452. The lowest BCUT2D eigenvalue weighted by atomic mass is 10.1. The molecular weight excluding hydrogens is 252 g/mol. The Bertz CT molecular complexity index is 427. The van der Waals surface area contributed by atoms with Gasteiger partial charge in [0, 0.05) is 44.3 Å². The summed E-state index contributed by atoms with van der Waals surface area (Å²) in [5, 5.41) is 6.85.